The Labute approximate surface area is 150 Å². The van der Waals surface area contributed by atoms with Crippen molar-refractivity contribution in [2.45, 2.75) is 26.2 Å². The first kappa shape index (κ1) is 20.7. The first-order valence-electron chi connectivity index (χ1n) is 7.35. The maximum atomic E-state index is 12.0. The summed E-state index contributed by atoms with van der Waals surface area (Å²) in [6.45, 7) is -0.557. The van der Waals surface area contributed by atoms with Crippen LogP contribution in [0, 0.1) is 5.92 Å². The van der Waals surface area contributed by atoms with Crippen molar-refractivity contribution in [3.63, 3.8) is 0 Å². The third-order valence-electron chi connectivity index (χ3n) is 3.19. The van der Waals surface area contributed by atoms with Gasteiger partial charge in [0, 0.05) is 5.02 Å². The van der Waals surface area contributed by atoms with Crippen molar-refractivity contribution in [2.75, 3.05) is 6.54 Å². The molecule has 0 aliphatic rings. The van der Waals surface area contributed by atoms with Gasteiger partial charge in [0.1, 0.15) is 0 Å². The lowest BCUT2D eigenvalue weighted by Crippen LogP contribution is -2.59. The summed E-state index contributed by atoms with van der Waals surface area (Å²) in [5, 5.41) is 33.1. The van der Waals surface area contributed by atoms with Crippen LogP contribution in [-0.2, 0) is 4.79 Å². The molecule has 0 aromatic heterocycles. The average molecular weight is 378 g/mol. The van der Waals surface area contributed by atoms with Crippen LogP contribution in [0.25, 0.3) is 0 Å². The number of halogens is 2. The first-order chi connectivity index (χ1) is 11.0. The Morgan fingerprint density at radius 3 is 2.38 bits per heavy atom. The zero-order valence-electron chi connectivity index (χ0n) is 13.3. The predicted octanol–water partition coefficient (Wildman–Crippen LogP) is 0.709. The molecule has 5 N–H and O–H groups in total. The molecule has 24 heavy (non-hydrogen) atoms. The molecule has 0 heterocycles. The molecule has 7 nitrogen and oxygen atoms in total. The standard InChI is InChI=1S/C14H20BCl2N2O5/c1-8(2)5-12(15(22,23)24)19-13(20)7-18-14(21)10-6-9(16)3-4-11(10)17/h3-4,6,8,12,22-24H,5,7H2,1-2H3,(H,18,21)(H,19,20)/q-1/t12-/m0/s1. The van der Waals surface area contributed by atoms with E-state index in [2.05, 4.69) is 10.6 Å². The Hall–Kier alpha value is -1.32. The van der Waals surface area contributed by atoms with Crippen molar-refractivity contribution >= 4 is 41.8 Å². The summed E-state index contributed by atoms with van der Waals surface area (Å²) in [6, 6.07) is 4.34. The van der Waals surface area contributed by atoms with E-state index in [1.807, 2.05) is 0 Å². The van der Waals surface area contributed by atoms with Crippen LogP contribution in [0.2, 0.25) is 10.0 Å². The maximum absolute atomic E-state index is 12.0. The molecule has 10 heteroatoms. The summed E-state index contributed by atoms with van der Waals surface area (Å²) in [6.07, 6.45) is 0.156. The number of rotatable bonds is 7. The normalized spacial score (nSPS) is 12.8. The lowest BCUT2D eigenvalue weighted by atomic mass is 9.67. The lowest BCUT2D eigenvalue weighted by Gasteiger charge is -2.33. The van der Waals surface area contributed by atoms with Crippen molar-refractivity contribution in [1.82, 2.24) is 10.6 Å². The zero-order valence-corrected chi connectivity index (χ0v) is 14.8. The summed E-state index contributed by atoms with van der Waals surface area (Å²) < 4.78 is 0. The highest BCUT2D eigenvalue weighted by atomic mass is 35.5. The fraction of sp³-hybridized carbons (Fsp3) is 0.429. The molecule has 0 unspecified atom stereocenters. The number of hydrogen-bond donors (Lipinski definition) is 5. The molecule has 1 aromatic rings. The topological polar surface area (TPSA) is 119 Å². The second-order valence-corrected chi connectivity index (χ2v) is 6.75. The molecule has 0 radical (unpaired) electrons. The van der Waals surface area contributed by atoms with Crippen molar-refractivity contribution in [2.24, 2.45) is 5.92 Å². The fourth-order valence-electron chi connectivity index (χ4n) is 2.05. The minimum atomic E-state index is -3.72. The Morgan fingerprint density at radius 1 is 1.21 bits per heavy atom. The van der Waals surface area contributed by atoms with Gasteiger partial charge in [-0.2, -0.15) is 0 Å². The Morgan fingerprint density at radius 2 is 1.83 bits per heavy atom. The molecule has 0 bridgehead atoms. The third-order valence-corrected chi connectivity index (χ3v) is 3.76. The fourth-order valence-corrected chi connectivity index (χ4v) is 2.42. The number of carbonyl (C=O) groups excluding carboxylic acids is 2. The monoisotopic (exact) mass is 377 g/mol. The number of hydrogen-bond acceptors (Lipinski definition) is 5. The third kappa shape index (κ3) is 6.66. The molecule has 1 atom stereocenters. The van der Waals surface area contributed by atoms with Crippen LogP contribution in [0.5, 0.6) is 0 Å². The number of carbonyl (C=O) groups is 2. The van der Waals surface area contributed by atoms with Crippen LogP contribution in [0.4, 0.5) is 0 Å². The Bertz CT molecular complexity index is 607. The van der Waals surface area contributed by atoms with Crippen LogP contribution in [-0.4, -0.2) is 46.1 Å². The van der Waals surface area contributed by atoms with Gasteiger partial charge in [-0.25, -0.2) is 0 Å². The molecule has 0 aliphatic heterocycles. The number of nitrogens with one attached hydrogen (secondary N) is 2. The molecule has 0 fully saturated rings. The Balaban J connectivity index is 2.64. The smallest absolute Gasteiger partial charge is 0.393 e. The van der Waals surface area contributed by atoms with E-state index in [4.69, 9.17) is 23.2 Å². The summed E-state index contributed by atoms with van der Waals surface area (Å²) in [5.41, 5.74) is 0.112. The van der Waals surface area contributed by atoms with E-state index in [-0.39, 0.29) is 22.9 Å². The van der Waals surface area contributed by atoms with Crippen LogP contribution in [0.1, 0.15) is 30.6 Å². The molecule has 0 spiro atoms. The van der Waals surface area contributed by atoms with Gasteiger partial charge >= 0.3 is 6.75 Å². The molecular formula is C14H20BCl2N2O5-. The van der Waals surface area contributed by atoms with Crippen LogP contribution < -0.4 is 10.6 Å². The van der Waals surface area contributed by atoms with Gasteiger partial charge in [-0.05, 0) is 30.1 Å². The lowest BCUT2D eigenvalue weighted by molar-refractivity contribution is -0.120. The molecule has 0 aliphatic carbocycles. The summed E-state index contributed by atoms with van der Waals surface area (Å²) in [4.78, 5) is 23.9. The van der Waals surface area contributed by atoms with Gasteiger partial charge in [-0.1, -0.05) is 43.5 Å². The molecule has 134 valence electrons. The van der Waals surface area contributed by atoms with Crippen molar-refractivity contribution in [1.29, 1.82) is 0 Å². The van der Waals surface area contributed by atoms with E-state index in [1.54, 1.807) is 13.8 Å². The molecule has 0 saturated carbocycles. The summed E-state index contributed by atoms with van der Waals surface area (Å²) >= 11 is 11.7. The van der Waals surface area contributed by atoms with Gasteiger partial charge in [-0.3, -0.25) is 9.59 Å². The van der Waals surface area contributed by atoms with Gasteiger partial charge in [-0.15, -0.1) is 0 Å². The van der Waals surface area contributed by atoms with Crippen LogP contribution >= 0.6 is 23.2 Å². The van der Waals surface area contributed by atoms with Gasteiger partial charge < -0.3 is 25.7 Å². The van der Waals surface area contributed by atoms with E-state index in [9.17, 15) is 24.7 Å². The van der Waals surface area contributed by atoms with E-state index in [0.717, 1.165) is 0 Å². The second-order valence-electron chi connectivity index (χ2n) is 5.90. The van der Waals surface area contributed by atoms with Crippen molar-refractivity contribution < 1.29 is 24.7 Å². The highest BCUT2D eigenvalue weighted by Crippen LogP contribution is 2.20. The van der Waals surface area contributed by atoms with Crippen molar-refractivity contribution in [3.8, 4) is 0 Å². The quantitative estimate of drug-likeness (QED) is 0.448. The molecule has 2 amide bonds. The maximum Gasteiger partial charge on any atom is 0.393 e. The zero-order chi connectivity index (χ0) is 18.5. The average Bonchev–Trinajstić information content (AvgIpc) is 2.45. The van der Waals surface area contributed by atoms with E-state index >= 15 is 0 Å². The van der Waals surface area contributed by atoms with Crippen LogP contribution in [0.15, 0.2) is 18.2 Å². The van der Waals surface area contributed by atoms with E-state index in [1.165, 1.54) is 18.2 Å². The minimum absolute atomic E-state index is 0.00265. The summed E-state index contributed by atoms with van der Waals surface area (Å²) in [5.74, 6) is -2.52. The Kier molecular flexibility index (Phi) is 7.50. The highest BCUT2D eigenvalue weighted by molar-refractivity contribution is 6.58. The minimum Gasteiger partial charge on any atom is -0.558 e. The molecule has 0 saturated heterocycles. The second kappa shape index (κ2) is 8.69. The molecular weight excluding hydrogens is 358 g/mol. The van der Waals surface area contributed by atoms with Gasteiger partial charge in [0.2, 0.25) is 5.91 Å². The number of benzene rings is 1. The van der Waals surface area contributed by atoms with Gasteiger partial charge in [0.15, 0.2) is 0 Å². The largest absolute Gasteiger partial charge is 0.558 e. The van der Waals surface area contributed by atoms with E-state index < -0.39 is 31.1 Å². The van der Waals surface area contributed by atoms with E-state index in [0.29, 0.717) is 5.02 Å². The first-order valence-corrected chi connectivity index (χ1v) is 8.11. The van der Waals surface area contributed by atoms with Gasteiger partial charge in [0.25, 0.3) is 5.91 Å². The highest BCUT2D eigenvalue weighted by Gasteiger charge is 2.30. The van der Waals surface area contributed by atoms with Crippen molar-refractivity contribution in [3.05, 3.63) is 33.8 Å². The predicted molar refractivity (Wildman–Crippen MR) is 92.6 cm³/mol. The molecule has 1 rings (SSSR count). The van der Waals surface area contributed by atoms with Crippen LogP contribution in [0.3, 0.4) is 0 Å². The SMILES string of the molecule is CC(C)C[C@H](NC(=O)CNC(=O)c1cc(Cl)ccc1Cl)[B-](O)(O)O. The summed E-state index contributed by atoms with van der Waals surface area (Å²) in [7, 11) is 0. The van der Waals surface area contributed by atoms with Gasteiger partial charge in [0.05, 0.1) is 17.1 Å². The number of amides is 2. The molecule has 1 aromatic carbocycles.